The maximum Gasteiger partial charge on any atom is 0.126 e. The van der Waals surface area contributed by atoms with Crippen LogP contribution in [0.1, 0.15) is 26.7 Å². The summed E-state index contributed by atoms with van der Waals surface area (Å²) in [5, 5.41) is 3.47. The van der Waals surface area contributed by atoms with Crippen LogP contribution >= 0.6 is 15.9 Å². The Balaban J connectivity index is 1.82. The van der Waals surface area contributed by atoms with Gasteiger partial charge in [0.15, 0.2) is 0 Å². The molecule has 1 fully saturated rings. The molecule has 0 radical (unpaired) electrons. The molecule has 2 atom stereocenters. The molecule has 0 aromatic carbocycles. The number of hydrogen-bond acceptors (Lipinski definition) is 2. The predicted octanol–water partition coefficient (Wildman–Crippen LogP) is 3.69. The number of pyridine rings is 1. The molecule has 2 nitrogen and oxygen atoms in total. The third kappa shape index (κ3) is 3.20. The number of nitrogens with one attached hydrogen (secondary N) is 1. The first-order valence-electron chi connectivity index (χ1n) is 5.53. The molecule has 1 aromatic heterocycles. The number of aromatic nitrogens is 1. The standard InChI is InChI=1S/C12H17BrN2/c1-8(2)5-9-6-11(9)15-12-4-3-10(13)7-14-12/h3-4,7-9,11H,5-6H2,1-2H3,(H,14,15). The Bertz CT molecular complexity index is 321. The number of nitrogens with zero attached hydrogens (tertiary/aromatic N) is 1. The summed E-state index contributed by atoms with van der Waals surface area (Å²) in [6, 6.07) is 4.70. The minimum absolute atomic E-state index is 0.654. The molecule has 1 aromatic rings. The van der Waals surface area contributed by atoms with E-state index < -0.39 is 0 Å². The topological polar surface area (TPSA) is 24.9 Å². The quantitative estimate of drug-likeness (QED) is 0.901. The summed E-state index contributed by atoms with van der Waals surface area (Å²) in [5.41, 5.74) is 0. The first kappa shape index (κ1) is 10.9. The highest BCUT2D eigenvalue weighted by atomic mass is 79.9. The third-order valence-corrected chi connectivity index (χ3v) is 3.23. The van der Waals surface area contributed by atoms with E-state index in [0.29, 0.717) is 6.04 Å². The molecule has 2 unspecified atom stereocenters. The van der Waals surface area contributed by atoms with E-state index in [1.165, 1.54) is 12.8 Å². The predicted molar refractivity (Wildman–Crippen MR) is 66.9 cm³/mol. The number of anilines is 1. The highest BCUT2D eigenvalue weighted by Crippen LogP contribution is 2.38. The van der Waals surface area contributed by atoms with Crippen LogP contribution in [0.2, 0.25) is 0 Å². The highest BCUT2D eigenvalue weighted by molar-refractivity contribution is 9.10. The van der Waals surface area contributed by atoms with Gasteiger partial charge in [0, 0.05) is 16.7 Å². The second-order valence-corrected chi connectivity index (χ2v) is 5.65. The van der Waals surface area contributed by atoms with Crippen molar-refractivity contribution in [3.05, 3.63) is 22.8 Å². The lowest BCUT2D eigenvalue weighted by molar-refractivity contribution is 0.534. The Morgan fingerprint density at radius 1 is 1.53 bits per heavy atom. The zero-order valence-corrected chi connectivity index (χ0v) is 10.8. The summed E-state index contributed by atoms with van der Waals surface area (Å²) in [6.45, 7) is 4.57. The van der Waals surface area contributed by atoms with Gasteiger partial charge in [-0.25, -0.2) is 4.98 Å². The number of hydrogen-bond donors (Lipinski definition) is 1. The molecule has 15 heavy (non-hydrogen) atoms. The Labute approximate surface area is 99.6 Å². The second-order valence-electron chi connectivity index (χ2n) is 4.74. The van der Waals surface area contributed by atoms with E-state index in [9.17, 15) is 0 Å². The average Bonchev–Trinajstić information content (AvgIpc) is 2.87. The van der Waals surface area contributed by atoms with Gasteiger partial charge in [0.05, 0.1) is 0 Å². The highest BCUT2D eigenvalue weighted by Gasteiger charge is 2.37. The van der Waals surface area contributed by atoms with Gasteiger partial charge in [0.2, 0.25) is 0 Å². The minimum atomic E-state index is 0.654. The molecule has 0 bridgehead atoms. The molecule has 0 aliphatic heterocycles. The van der Waals surface area contributed by atoms with Crippen molar-refractivity contribution in [1.82, 2.24) is 4.98 Å². The van der Waals surface area contributed by atoms with Crippen LogP contribution in [0.3, 0.4) is 0 Å². The van der Waals surface area contributed by atoms with Gasteiger partial charge in [-0.2, -0.15) is 0 Å². The van der Waals surface area contributed by atoms with Crippen LogP contribution < -0.4 is 5.32 Å². The van der Waals surface area contributed by atoms with Crippen molar-refractivity contribution in [2.75, 3.05) is 5.32 Å². The summed E-state index contributed by atoms with van der Waals surface area (Å²) in [6.07, 6.45) is 4.46. The average molecular weight is 269 g/mol. The Morgan fingerprint density at radius 2 is 2.33 bits per heavy atom. The van der Waals surface area contributed by atoms with Crippen LogP contribution in [0.15, 0.2) is 22.8 Å². The first-order chi connectivity index (χ1) is 7.15. The van der Waals surface area contributed by atoms with E-state index in [2.05, 4.69) is 40.1 Å². The van der Waals surface area contributed by atoms with Crippen molar-refractivity contribution < 1.29 is 0 Å². The van der Waals surface area contributed by atoms with E-state index in [4.69, 9.17) is 0 Å². The van der Waals surface area contributed by atoms with Crippen molar-refractivity contribution >= 4 is 21.7 Å². The zero-order chi connectivity index (χ0) is 10.8. The number of rotatable bonds is 4. The maximum absolute atomic E-state index is 4.31. The second kappa shape index (κ2) is 4.52. The van der Waals surface area contributed by atoms with Gasteiger partial charge in [0.1, 0.15) is 5.82 Å². The molecule has 1 saturated carbocycles. The first-order valence-corrected chi connectivity index (χ1v) is 6.32. The molecule has 1 N–H and O–H groups in total. The van der Waals surface area contributed by atoms with Crippen LogP contribution in [0.4, 0.5) is 5.82 Å². The van der Waals surface area contributed by atoms with E-state index in [-0.39, 0.29) is 0 Å². The van der Waals surface area contributed by atoms with Gasteiger partial charge in [0.25, 0.3) is 0 Å². The zero-order valence-electron chi connectivity index (χ0n) is 9.20. The normalized spacial score (nSPS) is 24.3. The van der Waals surface area contributed by atoms with Gasteiger partial charge in [-0.05, 0) is 52.7 Å². The van der Waals surface area contributed by atoms with Crippen molar-refractivity contribution in [3.63, 3.8) is 0 Å². The van der Waals surface area contributed by atoms with Crippen LogP contribution in [-0.2, 0) is 0 Å². The molecule has 3 heteroatoms. The molecule has 0 amide bonds. The van der Waals surface area contributed by atoms with Crippen molar-refractivity contribution in [2.24, 2.45) is 11.8 Å². The molecule has 82 valence electrons. The maximum atomic E-state index is 4.31. The monoisotopic (exact) mass is 268 g/mol. The molecule has 1 aliphatic rings. The molecular formula is C12H17BrN2. The molecule has 0 saturated heterocycles. The van der Waals surface area contributed by atoms with Crippen LogP contribution in [-0.4, -0.2) is 11.0 Å². The van der Waals surface area contributed by atoms with Crippen LogP contribution in [0.25, 0.3) is 0 Å². The lowest BCUT2D eigenvalue weighted by atomic mass is 10.1. The van der Waals surface area contributed by atoms with Gasteiger partial charge in [-0.3, -0.25) is 0 Å². The third-order valence-electron chi connectivity index (χ3n) is 2.76. The molecule has 1 heterocycles. The fourth-order valence-corrected chi connectivity index (χ4v) is 2.18. The summed E-state index contributed by atoms with van der Waals surface area (Å²) in [5.74, 6) is 2.66. The Morgan fingerprint density at radius 3 is 2.93 bits per heavy atom. The van der Waals surface area contributed by atoms with E-state index >= 15 is 0 Å². The van der Waals surface area contributed by atoms with E-state index in [0.717, 1.165) is 22.1 Å². The Hall–Kier alpha value is -0.570. The lowest BCUT2D eigenvalue weighted by Gasteiger charge is -2.06. The van der Waals surface area contributed by atoms with Crippen LogP contribution in [0, 0.1) is 11.8 Å². The van der Waals surface area contributed by atoms with Gasteiger partial charge in [-0.1, -0.05) is 13.8 Å². The van der Waals surface area contributed by atoms with Crippen LogP contribution in [0.5, 0.6) is 0 Å². The minimum Gasteiger partial charge on any atom is -0.367 e. The summed E-state index contributed by atoms with van der Waals surface area (Å²) >= 11 is 3.38. The lowest BCUT2D eigenvalue weighted by Crippen LogP contribution is -2.06. The molecule has 0 spiro atoms. The fraction of sp³-hybridized carbons (Fsp3) is 0.583. The van der Waals surface area contributed by atoms with Crippen molar-refractivity contribution in [2.45, 2.75) is 32.7 Å². The molecule has 1 aliphatic carbocycles. The van der Waals surface area contributed by atoms with Gasteiger partial charge < -0.3 is 5.32 Å². The van der Waals surface area contributed by atoms with Gasteiger partial charge >= 0.3 is 0 Å². The summed E-state index contributed by atoms with van der Waals surface area (Å²) in [7, 11) is 0. The largest absolute Gasteiger partial charge is 0.367 e. The molecular weight excluding hydrogens is 252 g/mol. The van der Waals surface area contributed by atoms with Crippen molar-refractivity contribution in [3.8, 4) is 0 Å². The number of halogens is 1. The SMILES string of the molecule is CC(C)CC1CC1Nc1ccc(Br)cn1. The fourth-order valence-electron chi connectivity index (χ4n) is 1.94. The smallest absolute Gasteiger partial charge is 0.126 e. The molecule has 2 rings (SSSR count). The van der Waals surface area contributed by atoms with Gasteiger partial charge in [-0.15, -0.1) is 0 Å². The van der Waals surface area contributed by atoms with E-state index in [1.54, 1.807) is 0 Å². The summed E-state index contributed by atoms with van der Waals surface area (Å²) < 4.78 is 1.03. The van der Waals surface area contributed by atoms with Crippen molar-refractivity contribution in [1.29, 1.82) is 0 Å². The van der Waals surface area contributed by atoms with E-state index in [1.807, 2.05) is 18.3 Å². The Kier molecular flexibility index (Phi) is 3.29. The summed E-state index contributed by atoms with van der Waals surface area (Å²) in [4.78, 5) is 4.31.